The van der Waals surface area contributed by atoms with Crippen LogP contribution in [-0.4, -0.2) is 34.8 Å². The molecule has 0 unspecified atom stereocenters. The number of nitrogens with zero attached hydrogens (tertiary/aromatic N) is 2. The summed E-state index contributed by atoms with van der Waals surface area (Å²) in [5.74, 6) is -0.999. The minimum Gasteiger partial charge on any atom is -0.480 e. The highest BCUT2D eigenvalue weighted by molar-refractivity contribution is 5.94. The van der Waals surface area contributed by atoms with Crippen molar-refractivity contribution in [2.24, 2.45) is 0 Å². The maximum atomic E-state index is 12.9. The van der Waals surface area contributed by atoms with Gasteiger partial charge in [-0.3, -0.25) is 0 Å². The molecule has 1 aliphatic rings. The lowest BCUT2D eigenvalue weighted by Gasteiger charge is -2.25. The Balaban J connectivity index is 1.59. The molecule has 0 bridgehead atoms. The van der Waals surface area contributed by atoms with Gasteiger partial charge >= 0.3 is 12.1 Å². The largest absolute Gasteiger partial charge is 0.480 e. The van der Waals surface area contributed by atoms with Crippen LogP contribution in [0.4, 0.5) is 10.6 Å². The number of carboxylic acid groups (broad SMARTS) is 1. The molecule has 0 fully saturated rings. The molecule has 0 aliphatic heterocycles. The third-order valence-corrected chi connectivity index (χ3v) is 5.17. The van der Waals surface area contributed by atoms with Gasteiger partial charge in [-0.1, -0.05) is 54.6 Å². The molecule has 1 atom stereocenters. The van der Waals surface area contributed by atoms with Gasteiger partial charge in [0, 0.05) is 12.1 Å². The van der Waals surface area contributed by atoms with Crippen LogP contribution in [0.1, 0.15) is 24.0 Å². The van der Waals surface area contributed by atoms with Gasteiger partial charge in [0.15, 0.2) is 0 Å². The monoisotopic (exact) mass is 388 g/mol. The number of pyridine rings is 1. The number of fused-ring (bicyclic) bond motifs is 3. The lowest BCUT2D eigenvalue weighted by Crippen LogP contribution is -2.44. The molecule has 6 heteroatoms. The summed E-state index contributed by atoms with van der Waals surface area (Å²) in [6.07, 6.45) is 0.772. The number of aromatic nitrogens is 1. The molecule has 146 valence electrons. The molecule has 0 saturated carbocycles. The summed E-state index contributed by atoms with van der Waals surface area (Å²) in [6, 6.07) is 20.0. The Labute approximate surface area is 168 Å². The van der Waals surface area contributed by atoms with Crippen LogP contribution >= 0.6 is 0 Å². The fraction of sp³-hybridized carbons (Fsp3) is 0.174. The Morgan fingerprint density at radius 2 is 1.59 bits per heavy atom. The smallest absolute Gasteiger partial charge is 0.416 e. The maximum absolute atomic E-state index is 12.9. The maximum Gasteiger partial charge on any atom is 0.416 e. The predicted octanol–water partition coefficient (Wildman–Crippen LogP) is 4.31. The van der Waals surface area contributed by atoms with Gasteiger partial charge in [-0.15, -0.1) is 0 Å². The first-order valence-corrected chi connectivity index (χ1v) is 9.36. The zero-order valence-corrected chi connectivity index (χ0v) is 15.9. The molecule has 1 amide bonds. The van der Waals surface area contributed by atoms with Gasteiger partial charge in [-0.25, -0.2) is 19.5 Å². The molecule has 0 saturated heterocycles. The summed E-state index contributed by atoms with van der Waals surface area (Å²) in [4.78, 5) is 29.6. The second kappa shape index (κ2) is 7.75. The van der Waals surface area contributed by atoms with Gasteiger partial charge < -0.3 is 9.84 Å². The van der Waals surface area contributed by atoms with Gasteiger partial charge in [-0.05, 0) is 41.3 Å². The average molecular weight is 388 g/mol. The number of carbonyl (C=O) groups is 2. The number of anilines is 1. The first kappa shape index (κ1) is 18.7. The summed E-state index contributed by atoms with van der Waals surface area (Å²) in [7, 11) is 0. The Hall–Kier alpha value is -3.67. The zero-order valence-electron chi connectivity index (χ0n) is 15.9. The highest BCUT2D eigenvalue weighted by Gasteiger charge is 2.33. The number of hydrogen-bond acceptors (Lipinski definition) is 4. The standard InChI is InChI=1S/C23H20N2O4/c1-15(22(26)27)25(21-12-6-7-13-24-21)23(28)29-14-20-18-10-4-2-8-16(18)17-9-3-5-11-19(17)20/h2-13,15,20H,14H2,1H3,(H,26,27)/t15-/m0/s1. The molecule has 3 aromatic rings. The summed E-state index contributed by atoms with van der Waals surface area (Å²) < 4.78 is 5.61. The van der Waals surface area contributed by atoms with Crippen LogP contribution in [0.5, 0.6) is 0 Å². The lowest BCUT2D eigenvalue weighted by molar-refractivity contribution is -0.138. The molecule has 4 rings (SSSR count). The molecule has 1 aliphatic carbocycles. The van der Waals surface area contributed by atoms with Crippen LogP contribution in [0.2, 0.25) is 0 Å². The van der Waals surface area contributed by atoms with Gasteiger partial charge in [-0.2, -0.15) is 0 Å². The molecule has 29 heavy (non-hydrogen) atoms. The molecule has 0 spiro atoms. The van der Waals surface area contributed by atoms with Crippen LogP contribution in [0.15, 0.2) is 72.9 Å². The fourth-order valence-corrected chi connectivity index (χ4v) is 3.72. The van der Waals surface area contributed by atoms with E-state index in [0.29, 0.717) is 0 Å². The van der Waals surface area contributed by atoms with Crippen LogP contribution in [0, 0.1) is 0 Å². The van der Waals surface area contributed by atoms with Crippen molar-refractivity contribution in [1.29, 1.82) is 0 Å². The van der Waals surface area contributed by atoms with E-state index in [1.807, 2.05) is 36.4 Å². The quantitative estimate of drug-likeness (QED) is 0.704. The number of amides is 1. The van der Waals surface area contributed by atoms with Gasteiger partial charge in [0.05, 0.1) is 0 Å². The Bertz CT molecular complexity index is 1010. The number of hydrogen-bond donors (Lipinski definition) is 1. The normalized spacial score (nSPS) is 13.3. The molecule has 0 radical (unpaired) electrons. The van der Waals surface area contributed by atoms with Crippen molar-refractivity contribution >= 4 is 17.9 Å². The number of rotatable bonds is 5. The highest BCUT2D eigenvalue weighted by Crippen LogP contribution is 2.44. The highest BCUT2D eigenvalue weighted by atomic mass is 16.6. The molecular weight excluding hydrogens is 368 g/mol. The van der Waals surface area contributed by atoms with Crippen molar-refractivity contribution in [3.63, 3.8) is 0 Å². The SMILES string of the molecule is C[C@@H](C(=O)O)N(C(=O)OCC1c2ccccc2-c2ccccc21)c1ccccn1. The van der Waals surface area contributed by atoms with Crippen molar-refractivity contribution in [3.8, 4) is 11.1 Å². The molecule has 6 nitrogen and oxygen atoms in total. The van der Waals surface area contributed by atoms with Crippen LogP contribution in [0.25, 0.3) is 11.1 Å². The predicted molar refractivity (Wildman–Crippen MR) is 109 cm³/mol. The number of carboxylic acids is 1. The lowest BCUT2D eigenvalue weighted by atomic mass is 9.98. The number of carbonyl (C=O) groups excluding carboxylic acids is 1. The van der Waals surface area contributed by atoms with E-state index < -0.39 is 18.1 Å². The van der Waals surface area contributed by atoms with Crippen LogP contribution in [-0.2, 0) is 9.53 Å². The van der Waals surface area contributed by atoms with Crippen molar-refractivity contribution in [1.82, 2.24) is 4.98 Å². The van der Waals surface area contributed by atoms with Crippen molar-refractivity contribution in [2.75, 3.05) is 11.5 Å². The second-order valence-corrected chi connectivity index (χ2v) is 6.88. The Kier molecular flexibility index (Phi) is 4.99. The second-order valence-electron chi connectivity index (χ2n) is 6.88. The minimum absolute atomic E-state index is 0.0999. The van der Waals surface area contributed by atoms with E-state index in [1.54, 1.807) is 18.2 Å². The minimum atomic E-state index is -1.14. The molecule has 2 aromatic carbocycles. The molecule has 1 N–H and O–H groups in total. The first-order chi connectivity index (χ1) is 14.1. The fourth-order valence-electron chi connectivity index (χ4n) is 3.72. The van der Waals surface area contributed by atoms with Gasteiger partial charge in [0.1, 0.15) is 18.5 Å². The van der Waals surface area contributed by atoms with Crippen LogP contribution < -0.4 is 4.90 Å². The van der Waals surface area contributed by atoms with E-state index >= 15 is 0 Å². The average Bonchev–Trinajstić information content (AvgIpc) is 3.07. The number of benzene rings is 2. The Morgan fingerprint density at radius 3 is 2.14 bits per heavy atom. The van der Waals surface area contributed by atoms with E-state index in [0.717, 1.165) is 27.2 Å². The molecule has 1 aromatic heterocycles. The first-order valence-electron chi connectivity index (χ1n) is 9.36. The third-order valence-electron chi connectivity index (χ3n) is 5.17. The number of aliphatic carboxylic acids is 1. The van der Waals surface area contributed by atoms with E-state index in [4.69, 9.17) is 4.74 Å². The third kappa shape index (κ3) is 3.45. The summed E-state index contributed by atoms with van der Waals surface area (Å²) >= 11 is 0. The van der Waals surface area contributed by atoms with E-state index in [-0.39, 0.29) is 18.3 Å². The van der Waals surface area contributed by atoms with Crippen molar-refractivity contribution in [3.05, 3.63) is 84.1 Å². The van der Waals surface area contributed by atoms with Crippen molar-refractivity contribution < 1.29 is 19.4 Å². The number of ether oxygens (including phenoxy) is 1. The summed E-state index contributed by atoms with van der Waals surface area (Å²) in [5, 5.41) is 9.43. The van der Waals surface area contributed by atoms with Gasteiger partial charge in [0.25, 0.3) is 0 Å². The topological polar surface area (TPSA) is 79.7 Å². The molecule has 1 heterocycles. The van der Waals surface area contributed by atoms with Crippen molar-refractivity contribution in [2.45, 2.75) is 18.9 Å². The van der Waals surface area contributed by atoms with Crippen LogP contribution in [0.3, 0.4) is 0 Å². The Morgan fingerprint density at radius 1 is 1.00 bits per heavy atom. The van der Waals surface area contributed by atoms with E-state index in [1.165, 1.54) is 13.1 Å². The summed E-state index contributed by atoms with van der Waals surface area (Å²) in [5.41, 5.74) is 4.45. The summed E-state index contributed by atoms with van der Waals surface area (Å²) in [6.45, 7) is 1.54. The van der Waals surface area contributed by atoms with E-state index in [9.17, 15) is 14.7 Å². The zero-order chi connectivity index (χ0) is 20.4. The van der Waals surface area contributed by atoms with E-state index in [2.05, 4.69) is 17.1 Å². The van der Waals surface area contributed by atoms with Gasteiger partial charge in [0.2, 0.25) is 0 Å². The molecular formula is C23H20N2O4.